The molecular weight excluding hydrogens is 228 g/mol. The number of esters is 1. The molecule has 0 saturated heterocycles. The number of aliphatic hydroxyl groups is 1. The van der Waals surface area contributed by atoms with Crippen molar-refractivity contribution in [3.63, 3.8) is 0 Å². The van der Waals surface area contributed by atoms with Gasteiger partial charge in [-0.2, -0.15) is 0 Å². The lowest BCUT2D eigenvalue weighted by Crippen LogP contribution is -2.02. The van der Waals surface area contributed by atoms with Crippen LogP contribution in [0.2, 0.25) is 0 Å². The Morgan fingerprint density at radius 3 is 2.56 bits per heavy atom. The van der Waals surface area contributed by atoms with E-state index in [4.69, 9.17) is 11.6 Å². The van der Waals surface area contributed by atoms with Gasteiger partial charge in [0.25, 0.3) is 0 Å². The van der Waals surface area contributed by atoms with E-state index < -0.39 is 6.10 Å². The molecule has 0 aliphatic carbocycles. The molecule has 0 aromatic heterocycles. The lowest BCUT2D eigenvalue weighted by Gasteiger charge is -2.10. The first-order valence-electron chi connectivity index (χ1n) is 5.11. The highest BCUT2D eigenvalue weighted by Crippen LogP contribution is 2.19. The summed E-state index contributed by atoms with van der Waals surface area (Å²) < 4.78 is 4.58. The quantitative estimate of drug-likeness (QED) is 0.638. The lowest BCUT2D eigenvalue weighted by atomic mass is 10.0. The summed E-state index contributed by atoms with van der Waals surface area (Å²) in [4.78, 5) is 11.2. The number of methoxy groups -OCH3 is 1. The number of rotatable bonds is 5. The molecule has 0 radical (unpaired) electrons. The van der Waals surface area contributed by atoms with Crippen LogP contribution < -0.4 is 0 Å². The Balaban J connectivity index is 2.67. The fourth-order valence-corrected chi connectivity index (χ4v) is 1.55. The molecule has 0 spiro atoms. The fraction of sp³-hybridized carbons (Fsp3) is 0.417. The zero-order chi connectivity index (χ0) is 12.0. The van der Waals surface area contributed by atoms with Crippen LogP contribution in [-0.4, -0.2) is 24.1 Å². The maximum absolute atomic E-state index is 11.2. The Morgan fingerprint density at radius 1 is 1.44 bits per heavy atom. The van der Waals surface area contributed by atoms with Gasteiger partial charge in [0.2, 0.25) is 0 Å². The van der Waals surface area contributed by atoms with Gasteiger partial charge in [-0.05, 0) is 30.5 Å². The van der Waals surface area contributed by atoms with E-state index in [2.05, 4.69) is 4.74 Å². The van der Waals surface area contributed by atoms with Crippen LogP contribution in [0.5, 0.6) is 0 Å². The summed E-state index contributed by atoms with van der Waals surface area (Å²) in [6, 6.07) is 6.74. The van der Waals surface area contributed by atoms with E-state index in [0.29, 0.717) is 17.9 Å². The Morgan fingerprint density at radius 2 is 2.06 bits per heavy atom. The summed E-state index contributed by atoms with van der Waals surface area (Å²) >= 11 is 5.55. The minimum absolute atomic E-state index is 0.373. The van der Waals surface area contributed by atoms with Crippen molar-refractivity contribution in [2.75, 3.05) is 13.0 Å². The van der Waals surface area contributed by atoms with E-state index in [0.717, 1.165) is 12.0 Å². The Kier molecular flexibility index (Phi) is 5.29. The number of carbonyl (C=O) groups excluding carboxylic acids is 1. The maximum Gasteiger partial charge on any atom is 0.337 e. The van der Waals surface area contributed by atoms with Crippen LogP contribution >= 0.6 is 11.6 Å². The van der Waals surface area contributed by atoms with Gasteiger partial charge in [0.1, 0.15) is 0 Å². The van der Waals surface area contributed by atoms with Crippen LogP contribution in [0, 0.1) is 0 Å². The van der Waals surface area contributed by atoms with Crippen LogP contribution in [-0.2, 0) is 4.74 Å². The van der Waals surface area contributed by atoms with Crippen LogP contribution in [0.1, 0.15) is 34.9 Å². The Bertz CT molecular complexity index is 335. The molecule has 1 rings (SSSR count). The fourth-order valence-electron chi connectivity index (χ4n) is 1.40. The second kappa shape index (κ2) is 6.51. The van der Waals surface area contributed by atoms with Gasteiger partial charge in [-0.3, -0.25) is 0 Å². The minimum Gasteiger partial charge on any atom is -0.465 e. The molecule has 4 heteroatoms. The third-order valence-corrected chi connectivity index (χ3v) is 2.60. The molecular formula is C12H15ClO3. The van der Waals surface area contributed by atoms with Gasteiger partial charge in [0.15, 0.2) is 0 Å². The molecule has 0 saturated carbocycles. The van der Waals surface area contributed by atoms with Crippen molar-refractivity contribution in [3.8, 4) is 0 Å². The molecule has 0 fully saturated rings. The highest BCUT2D eigenvalue weighted by Gasteiger charge is 2.09. The molecule has 1 unspecified atom stereocenters. The smallest absolute Gasteiger partial charge is 0.337 e. The third kappa shape index (κ3) is 3.51. The van der Waals surface area contributed by atoms with E-state index in [9.17, 15) is 9.90 Å². The number of benzene rings is 1. The number of carbonyl (C=O) groups is 1. The number of hydrogen-bond donors (Lipinski definition) is 1. The van der Waals surface area contributed by atoms with Crippen molar-refractivity contribution in [1.82, 2.24) is 0 Å². The molecule has 0 bridgehead atoms. The van der Waals surface area contributed by atoms with Crippen LogP contribution in [0.15, 0.2) is 24.3 Å². The van der Waals surface area contributed by atoms with E-state index >= 15 is 0 Å². The SMILES string of the molecule is COC(=O)c1ccc(C(O)CCCCl)cc1. The monoisotopic (exact) mass is 242 g/mol. The average molecular weight is 243 g/mol. The van der Waals surface area contributed by atoms with Gasteiger partial charge in [-0.15, -0.1) is 11.6 Å². The van der Waals surface area contributed by atoms with E-state index in [-0.39, 0.29) is 5.97 Å². The van der Waals surface area contributed by atoms with Gasteiger partial charge >= 0.3 is 5.97 Å². The van der Waals surface area contributed by atoms with Crippen molar-refractivity contribution in [1.29, 1.82) is 0 Å². The van der Waals surface area contributed by atoms with Gasteiger partial charge in [-0.1, -0.05) is 12.1 Å². The summed E-state index contributed by atoms with van der Waals surface area (Å²) in [6.45, 7) is 0. The van der Waals surface area contributed by atoms with Crippen molar-refractivity contribution in [2.45, 2.75) is 18.9 Å². The molecule has 1 atom stereocenters. The second-order valence-corrected chi connectivity index (χ2v) is 3.84. The maximum atomic E-state index is 11.2. The van der Waals surface area contributed by atoms with Gasteiger partial charge < -0.3 is 9.84 Å². The first-order valence-corrected chi connectivity index (χ1v) is 5.64. The molecule has 1 aromatic carbocycles. The molecule has 88 valence electrons. The molecule has 0 aliphatic heterocycles. The standard InChI is InChI=1S/C12H15ClO3/c1-16-12(15)10-6-4-9(5-7-10)11(14)3-2-8-13/h4-7,11,14H,2-3,8H2,1H3. The van der Waals surface area contributed by atoms with E-state index in [1.54, 1.807) is 24.3 Å². The second-order valence-electron chi connectivity index (χ2n) is 3.46. The average Bonchev–Trinajstić information content (AvgIpc) is 2.35. The molecule has 1 aromatic rings. The van der Waals surface area contributed by atoms with Gasteiger partial charge in [-0.25, -0.2) is 4.79 Å². The van der Waals surface area contributed by atoms with Crippen molar-refractivity contribution in [3.05, 3.63) is 35.4 Å². The van der Waals surface area contributed by atoms with Crippen molar-refractivity contribution < 1.29 is 14.6 Å². The first-order chi connectivity index (χ1) is 7.69. The normalized spacial score (nSPS) is 12.2. The summed E-state index contributed by atoms with van der Waals surface area (Å²) in [7, 11) is 1.34. The summed E-state index contributed by atoms with van der Waals surface area (Å²) in [5.74, 6) is 0.166. The van der Waals surface area contributed by atoms with Crippen LogP contribution in [0.4, 0.5) is 0 Å². The number of halogens is 1. The summed E-state index contributed by atoms with van der Waals surface area (Å²) in [5, 5.41) is 9.76. The number of alkyl halides is 1. The third-order valence-electron chi connectivity index (χ3n) is 2.33. The zero-order valence-corrected chi connectivity index (χ0v) is 9.91. The topological polar surface area (TPSA) is 46.5 Å². The minimum atomic E-state index is -0.523. The summed E-state index contributed by atoms with van der Waals surface area (Å²) in [6.07, 6.45) is 0.869. The van der Waals surface area contributed by atoms with Crippen LogP contribution in [0.3, 0.4) is 0 Å². The first kappa shape index (κ1) is 13.0. The molecule has 3 nitrogen and oxygen atoms in total. The van der Waals surface area contributed by atoms with Crippen LogP contribution in [0.25, 0.3) is 0 Å². The van der Waals surface area contributed by atoms with Gasteiger partial charge in [0, 0.05) is 5.88 Å². The predicted molar refractivity (Wildman–Crippen MR) is 62.7 cm³/mol. The highest BCUT2D eigenvalue weighted by atomic mass is 35.5. The highest BCUT2D eigenvalue weighted by molar-refractivity contribution is 6.17. The zero-order valence-electron chi connectivity index (χ0n) is 9.15. The molecule has 1 N–H and O–H groups in total. The predicted octanol–water partition coefficient (Wildman–Crippen LogP) is 2.53. The Labute approximate surface area is 100.0 Å². The largest absolute Gasteiger partial charge is 0.465 e. The number of hydrogen-bond acceptors (Lipinski definition) is 3. The number of aliphatic hydroxyl groups excluding tert-OH is 1. The summed E-state index contributed by atoms with van der Waals surface area (Å²) in [5.41, 5.74) is 1.27. The molecule has 0 amide bonds. The molecule has 0 aliphatic rings. The van der Waals surface area contributed by atoms with E-state index in [1.165, 1.54) is 7.11 Å². The van der Waals surface area contributed by atoms with Crippen molar-refractivity contribution >= 4 is 17.6 Å². The van der Waals surface area contributed by atoms with E-state index in [1.807, 2.05) is 0 Å². The molecule has 0 heterocycles. The lowest BCUT2D eigenvalue weighted by molar-refractivity contribution is 0.0600. The van der Waals surface area contributed by atoms with Crippen molar-refractivity contribution in [2.24, 2.45) is 0 Å². The Hall–Kier alpha value is -1.06. The number of ether oxygens (including phenoxy) is 1. The molecule has 16 heavy (non-hydrogen) atoms. The van der Waals surface area contributed by atoms with Gasteiger partial charge in [0.05, 0.1) is 18.8 Å².